The van der Waals surface area contributed by atoms with Crippen LogP contribution in [-0.4, -0.2) is 23.3 Å². The largest absolute Gasteiger partial charge is 0.481 e. The van der Waals surface area contributed by atoms with Crippen LogP contribution < -0.4 is 10.5 Å². The Labute approximate surface area is 106 Å². The normalized spacial score (nSPS) is 33.7. The third kappa shape index (κ3) is 1.49. The van der Waals surface area contributed by atoms with E-state index in [1.807, 2.05) is 12.1 Å². The van der Waals surface area contributed by atoms with E-state index in [0.29, 0.717) is 12.3 Å². The number of rotatable bonds is 1. The number of nitrogens with zero attached hydrogens (tertiary/aromatic N) is 1. The van der Waals surface area contributed by atoms with Gasteiger partial charge in [0.2, 0.25) is 5.88 Å². The fourth-order valence-corrected chi connectivity index (χ4v) is 3.29. The molecular weight excluding hydrogens is 228 g/mol. The van der Waals surface area contributed by atoms with Gasteiger partial charge in [0.1, 0.15) is 0 Å². The van der Waals surface area contributed by atoms with Crippen LogP contribution in [-0.2, 0) is 12.0 Å². The second kappa shape index (κ2) is 3.80. The molecule has 0 fully saturated rings. The topological polar surface area (TPSA) is 68.4 Å². The van der Waals surface area contributed by atoms with Crippen molar-refractivity contribution in [1.82, 2.24) is 4.98 Å². The highest BCUT2D eigenvalue weighted by molar-refractivity contribution is 5.41. The zero-order valence-corrected chi connectivity index (χ0v) is 10.7. The highest BCUT2D eigenvalue weighted by atomic mass is 16.5. The summed E-state index contributed by atoms with van der Waals surface area (Å²) in [7, 11) is 1.61. The molecule has 2 aliphatic carbocycles. The van der Waals surface area contributed by atoms with Crippen LogP contribution in [0.25, 0.3) is 0 Å². The smallest absolute Gasteiger partial charge is 0.213 e. The van der Waals surface area contributed by atoms with Gasteiger partial charge in [-0.1, -0.05) is 11.6 Å². The molecule has 1 aromatic heterocycles. The van der Waals surface area contributed by atoms with Crippen molar-refractivity contribution in [3.05, 3.63) is 35.0 Å². The molecule has 0 spiro atoms. The van der Waals surface area contributed by atoms with Gasteiger partial charge in [0.25, 0.3) is 0 Å². The summed E-state index contributed by atoms with van der Waals surface area (Å²) in [6.07, 6.45) is 3.01. The van der Waals surface area contributed by atoms with Gasteiger partial charge in [-0.25, -0.2) is 4.98 Å². The zero-order valence-electron chi connectivity index (χ0n) is 10.7. The maximum Gasteiger partial charge on any atom is 0.213 e. The van der Waals surface area contributed by atoms with Crippen molar-refractivity contribution in [3.8, 4) is 5.88 Å². The summed E-state index contributed by atoms with van der Waals surface area (Å²) in [5.74, 6) is 0.670. The second-order valence-electron chi connectivity index (χ2n) is 5.39. The van der Waals surface area contributed by atoms with Gasteiger partial charge in [-0.3, -0.25) is 0 Å². The van der Waals surface area contributed by atoms with Crippen molar-refractivity contribution in [2.24, 2.45) is 11.7 Å². The fraction of sp³-hybridized carbons (Fsp3) is 0.500. The van der Waals surface area contributed by atoms with Gasteiger partial charge in [-0.15, -0.1) is 0 Å². The van der Waals surface area contributed by atoms with Crippen molar-refractivity contribution in [2.45, 2.75) is 31.4 Å². The van der Waals surface area contributed by atoms with E-state index in [1.165, 1.54) is 5.57 Å². The lowest BCUT2D eigenvalue weighted by atomic mass is 9.65. The zero-order chi connectivity index (χ0) is 12.9. The fourth-order valence-electron chi connectivity index (χ4n) is 3.29. The Balaban J connectivity index is 2.15. The number of methoxy groups -OCH3 is 1. The molecule has 0 saturated carbocycles. The Kier molecular flexibility index (Phi) is 2.47. The molecule has 0 aliphatic heterocycles. The minimum atomic E-state index is -0.698. The van der Waals surface area contributed by atoms with Gasteiger partial charge in [0.15, 0.2) is 0 Å². The second-order valence-corrected chi connectivity index (χ2v) is 5.39. The molecule has 3 N–H and O–H groups in total. The molecule has 2 bridgehead atoms. The lowest BCUT2D eigenvalue weighted by molar-refractivity contribution is 0.0269. The van der Waals surface area contributed by atoms with E-state index in [2.05, 4.69) is 18.0 Å². The van der Waals surface area contributed by atoms with Crippen molar-refractivity contribution in [1.29, 1.82) is 0 Å². The Morgan fingerprint density at radius 3 is 3.00 bits per heavy atom. The predicted octanol–water partition coefficient (Wildman–Crippen LogP) is 1.13. The molecule has 0 radical (unpaired) electrons. The van der Waals surface area contributed by atoms with Gasteiger partial charge in [-0.05, 0) is 31.4 Å². The summed E-state index contributed by atoms with van der Waals surface area (Å²) in [6, 6.07) is 3.76. The van der Waals surface area contributed by atoms with Gasteiger partial charge in [-0.2, -0.15) is 0 Å². The standard InChI is InChI=1S/C14H18N2O2/c1-8-5-9-6-11-10(3-4-12(16-11)18-2)14(15,7-8)13(9)17/h3-5,9,13,17H,6-7,15H2,1-2H3/t9-,13-,14-/m0/s1. The van der Waals surface area contributed by atoms with Crippen LogP contribution in [0, 0.1) is 5.92 Å². The van der Waals surface area contributed by atoms with Crippen LogP contribution in [0.2, 0.25) is 0 Å². The monoisotopic (exact) mass is 246 g/mol. The van der Waals surface area contributed by atoms with E-state index in [-0.39, 0.29) is 5.92 Å². The molecule has 0 saturated heterocycles. The summed E-state index contributed by atoms with van der Waals surface area (Å²) < 4.78 is 5.15. The van der Waals surface area contributed by atoms with Crippen LogP contribution in [0.5, 0.6) is 5.88 Å². The molecule has 1 aromatic rings. The average Bonchev–Trinajstić information content (AvgIpc) is 2.33. The number of hydrogen-bond donors (Lipinski definition) is 2. The third-order valence-electron chi connectivity index (χ3n) is 4.09. The lowest BCUT2D eigenvalue weighted by Gasteiger charge is -2.46. The van der Waals surface area contributed by atoms with E-state index < -0.39 is 11.6 Å². The molecule has 0 unspecified atom stereocenters. The van der Waals surface area contributed by atoms with Gasteiger partial charge >= 0.3 is 0 Å². The van der Waals surface area contributed by atoms with Crippen LogP contribution in [0.1, 0.15) is 24.6 Å². The number of aliphatic hydroxyl groups is 1. The van der Waals surface area contributed by atoms with Crippen molar-refractivity contribution >= 4 is 0 Å². The third-order valence-corrected chi connectivity index (χ3v) is 4.09. The summed E-state index contributed by atoms with van der Waals surface area (Å²) in [5.41, 5.74) is 8.92. The average molecular weight is 246 g/mol. The van der Waals surface area contributed by atoms with E-state index in [1.54, 1.807) is 7.11 Å². The first-order valence-corrected chi connectivity index (χ1v) is 6.23. The van der Waals surface area contributed by atoms with Crippen molar-refractivity contribution < 1.29 is 9.84 Å². The van der Waals surface area contributed by atoms with Crippen LogP contribution in [0.4, 0.5) is 0 Å². The number of pyridine rings is 1. The summed E-state index contributed by atoms with van der Waals surface area (Å²) in [4.78, 5) is 4.48. The number of hydrogen-bond acceptors (Lipinski definition) is 4. The molecule has 0 aromatic carbocycles. The Morgan fingerprint density at radius 2 is 2.28 bits per heavy atom. The highest BCUT2D eigenvalue weighted by Crippen LogP contribution is 2.44. The molecule has 4 heteroatoms. The first kappa shape index (κ1) is 11.7. The number of nitrogens with two attached hydrogens (primary N) is 1. The minimum absolute atomic E-state index is 0.0656. The molecule has 4 nitrogen and oxygen atoms in total. The molecule has 96 valence electrons. The maximum atomic E-state index is 10.4. The SMILES string of the molecule is COc1ccc2c(n1)C[C@@H]1C=C(C)C[C@@]2(N)[C@H]1O. The maximum absolute atomic E-state index is 10.4. The molecule has 1 heterocycles. The first-order chi connectivity index (χ1) is 8.54. The van der Waals surface area contributed by atoms with Gasteiger partial charge in [0.05, 0.1) is 24.4 Å². The Hall–Kier alpha value is -1.39. The number of aliphatic hydroxyl groups excluding tert-OH is 1. The number of aromatic nitrogens is 1. The summed E-state index contributed by atoms with van der Waals surface area (Å²) >= 11 is 0. The Bertz CT molecular complexity index is 527. The molecule has 0 amide bonds. The minimum Gasteiger partial charge on any atom is -0.481 e. The van der Waals surface area contributed by atoms with E-state index in [9.17, 15) is 5.11 Å². The lowest BCUT2D eigenvalue weighted by Crippen LogP contribution is -2.56. The highest BCUT2D eigenvalue weighted by Gasteiger charge is 2.47. The molecule has 3 atom stereocenters. The molecule has 2 aliphatic rings. The molecule has 18 heavy (non-hydrogen) atoms. The van der Waals surface area contributed by atoms with Crippen molar-refractivity contribution in [2.75, 3.05) is 7.11 Å². The van der Waals surface area contributed by atoms with E-state index in [0.717, 1.165) is 17.7 Å². The van der Waals surface area contributed by atoms with Crippen molar-refractivity contribution in [3.63, 3.8) is 0 Å². The Morgan fingerprint density at radius 1 is 1.50 bits per heavy atom. The van der Waals surface area contributed by atoms with Gasteiger partial charge < -0.3 is 15.6 Å². The quantitative estimate of drug-likeness (QED) is 0.729. The van der Waals surface area contributed by atoms with Crippen LogP contribution >= 0.6 is 0 Å². The van der Waals surface area contributed by atoms with Crippen LogP contribution in [0.3, 0.4) is 0 Å². The number of ether oxygens (including phenoxy) is 1. The molecule has 3 rings (SSSR count). The van der Waals surface area contributed by atoms with E-state index in [4.69, 9.17) is 10.5 Å². The number of fused-ring (bicyclic) bond motifs is 4. The predicted molar refractivity (Wildman–Crippen MR) is 68.2 cm³/mol. The van der Waals surface area contributed by atoms with E-state index >= 15 is 0 Å². The van der Waals surface area contributed by atoms with Gasteiger partial charge in [0, 0.05) is 12.0 Å². The molecular formula is C14H18N2O2. The summed E-state index contributed by atoms with van der Waals surface area (Å²) in [6.45, 7) is 2.07. The first-order valence-electron chi connectivity index (χ1n) is 6.23. The van der Waals surface area contributed by atoms with Crippen LogP contribution in [0.15, 0.2) is 23.8 Å². The summed E-state index contributed by atoms with van der Waals surface area (Å²) in [5, 5.41) is 10.4.